The Hall–Kier alpha value is -2.32. The number of carbonyl (C=O) groups excluding carboxylic acids is 1. The molecule has 358 valence electrons. The number of nitrogens with zero attached hydrogens (tertiary/aromatic N) is 1. The second-order valence-corrected chi connectivity index (χ2v) is 18.8. The smallest absolute Gasteiger partial charge is 0.306 e. The van der Waals surface area contributed by atoms with Crippen molar-refractivity contribution in [2.75, 3.05) is 54.1 Å². The Kier molecular flexibility index (Phi) is 43.6. The SMILES string of the molecule is CC/C=C\C/C=C\C/C=C\C/C=C\C/C=C\C/C=C\CCCCC(=O)OC(COCCCCCCCCCC/C=C\CCCCCCCCC)COP(=O)([O-])OCC[N+](C)(C)C. The van der Waals surface area contributed by atoms with Crippen LogP contribution in [0, 0.1) is 0 Å². The average Bonchev–Trinajstić information content (AvgIpc) is 3.23. The van der Waals surface area contributed by atoms with E-state index in [-0.39, 0.29) is 32.2 Å². The molecule has 0 spiro atoms. The van der Waals surface area contributed by atoms with Crippen molar-refractivity contribution in [2.24, 2.45) is 0 Å². The molecule has 0 heterocycles. The summed E-state index contributed by atoms with van der Waals surface area (Å²) in [5, 5.41) is 0. The predicted molar refractivity (Wildman–Crippen MR) is 263 cm³/mol. The molecule has 0 saturated carbocycles. The monoisotopic (exact) mass is 888 g/mol. The van der Waals surface area contributed by atoms with Gasteiger partial charge in [0.15, 0.2) is 0 Å². The van der Waals surface area contributed by atoms with Crippen LogP contribution in [0.2, 0.25) is 0 Å². The Morgan fingerprint density at radius 2 is 0.935 bits per heavy atom. The topological polar surface area (TPSA) is 94.1 Å². The highest BCUT2D eigenvalue weighted by Crippen LogP contribution is 2.38. The molecule has 0 amide bonds. The molecule has 0 saturated heterocycles. The van der Waals surface area contributed by atoms with Crippen LogP contribution in [0.1, 0.15) is 187 Å². The van der Waals surface area contributed by atoms with Crippen molar-refractivity contribution >= 4 is 13.8 Å². The van der Waals surface area contributed by atoms with Crippen LogP contribution in [0.15, 0.2) is 85.1 Å². The molecular formula is C53H94NO7P. The van der Waals surface area contributed by atoms with Crippen LogP contribution in [0.25, 0.3) is 0 Å². The second kappa shape index (κ2) is 45.3. The van der Waals surface area contributed by atoms with Gasteiger partial charge in [-0.2, -0.15) is 0 Å². The molecule has 0 bridgehead atoms. The highest BCUT2D eigenvalue weighted by atomic mass is 31.2. The molecule has 0 aromatic rings. The molecule has 0 aromatic heterocycles. The maximum Gasteiger partial charge on any atom is 0.306 e. The van der Waals surface area contributed by atoms with E-state index < -0.39 is 13.9 Å². The molecule has 0 aromatic carbocycles. The fourth-order valence-electron chi connectivity index (χ4n) is 6.37. The van der Waals surface area contributed by atoms with E-state index in [2.05, 4.69) is 98.9 Å². The van der Waals surface area contributed by atoms with Crippen LogP contribution < -0.4 is 4.89 Å². The van der Waals surface area contributed by atoms with E-state index in [9.17, 15) is 14.3 Å². The number of phosphoric ester groups is 1. The highest BCUT2D eigenvalue weighted by molar-refractivity contribution is 7.45. The van der Waals surface area contributed by atoms with Gasteiger partial charge in [0, 0.05) is 13.0 Å². The fraction of sp³-hybridized carbons (Fsp3) is 0.717. The molecule has 9 heteroatoms. The van der Waals surface area contributed by atoms with Crippen molar-refractivity contribution in [2.45, 2.75) is 193 Å². The van der Waals surface area contributed by atoms with Crippen molar-refractivity contribution < 1.29 is 37.3 Å². The summed E-state index contributed by atoms with van der Waals surface area (Å²) in [6.07, 6.45) is 60.4. The number of ether oxygens (including phenoxy) is 2. The zero-order chi connectivity index (χ0) is 45.5. The first-order chi connectivity index (χ1) is 30.1. The zero-order valence-corrected chi connectivity index (χ0v) is 41.4. The number of hydrogen-bond acceptors (Lipinski definition) is 7. The van der Waals surface area contributed by atoms with Gasteiger partial charge < -0.3 is 27.9 Å². The van der Waals surface area contributed by atoms with E-state index in [0.29, 0.717) is 24.1 Å². The summed E-state index contributed by atoms with van der Waals surface area (Å²) in [5.41, 5.74) is 0. The Bertz CT molecular complexity index is 1260. The zero-order valence-electron chi connectivity index (χ0n) is 40.5. The summed E-state index contributed by atoms with van der Waals surface area (Å²) in [6, 6.07) is 0. The number of likely N-dealkylation sites (N-methyl/N-ethyl adjacent to an activating group) is 1. The summed E-state index contributed by atoms with van der Waals surface area (Å²) in [5.74, 6) is -0.379. The summed E-state index contributed by atoms with van der Waals surface area (Å²) in [6.45, 7) is 5.22. The number of unbranched alkanes of at least 4 members (excludes halogenated alkanes) is 17. The number of allylic oxidation sites excluding steroid dienone is 14. The van der Waals surface area contributed by atoms with Crippen LogP contribution in [0.5, 0.6) is 0 Å². The lowest BCUT2D eigenvalue weighted by Gasteiger charge is -2.28. The van der Waals surface area contributed by atoms with Crippen molar-refractivity contribution in [3.05, 3.63) is 85.1 Å². The minimum atomic E-state index is -4.55. The van der Waals surface area contributed by atoms with Crippen molar-refractivity contribution in [1.29, 1.82) is 0 Å². The van der Waals surface area contributed by atoms with E-state index in [4.69, 9.17) is 18.5 Å². The number of rotatable bonds is 45. The van der Waals surface area contributed by atoms with Crippen molar-refractivity contribution in [3.63, 3.8) is 0 Å². The standard InChI is InChI=1S/C53H94NO7P/c1-6-8-10-12-14-16-18-20-22-24-26-27-28-30-32-34-36-38-40-42-44-46-53(55)61-52(51-60-62(56,57)59-49-47-54(3,4)5)50-58-48-45-43-41-39-37-35-33-31-29-25-23-21-19-17-15-13-11-9-7-2/h8,10,14,16,20,22-23,25-27,30,32,36,38,52H,6-7,9,11-13,15,17-19,21,24,28-29,31,33-35,37,39-51H2,1-5H3/b10-8-,16-14-,22-20-,25-23-,27-26-,32-30-,38-36-. The average molecular weight is 888 g/mol. The summed E-state index contributed by atoms with van der Waals surface area (Å²) in [4.78, 5) is 25.1. The number of esters is 1. The first-order valence-corrected chi connectivity index (χ1v) is 26.3. The van der Waals surface area contributed by atoms with Gasteiger partial charge in [0.1, 0.15) is 19.3 Å². The van der Waals surface area contributed by atoms with Gasteiger partial charge in [0.25, 0.3) is 7.82 Å². The van der Waals surface area contributed by atoms with Gasteiger partial charge in [-0.05, 0) is 89.9 Å². The first-order valence-electron chi connectivity index (χ1n) is 24.8. The van der Waals surface area contributed by atoms with Crippen molar-refractivity contribution in [3.8, 4) is 0 Å². The summed E-state index contributed by atoms with van der Waals surface area (Å²) >= 11 is 0. The summed E-state index contributed by atoms with van der Waals surface area (Å²) in [7, 11) is 1.31. The highest BCUT2D eigenvalue weighted by Gasteiger charge is 2.20. The maximum atomic E-state index is 12.7. The molecule has 2 atom stereocenters. The minimum absolute atomic E-state index is 0.0126. The molecule has 62 heavy (non-hydrogen) atoms. The normalized spacial score (nSPS) is 14.4. The number of carbonyl (C=O) groups is 1. The van der Waals surface area contributed by atoms with E-state index >= 15 is 0 Å². The molecule has 0 N–H and O–H groups in total. The lowest BCUT2D eigenvalue weighted by molar-refractivity contribution is -0.870. The third kappa shape index (κ3) is 48.7. The lowest BCUT2D eigenvalue weighted by atomic mass is 10.1. The molecule has 0 aliphatic heterocycles. The molecular weight excluding hydrogens is 794 g/mol. The van der Waals surface area contributed by atoms with Crippen LogP contribution in [0.3, 0.4) is 0 Å². The van der Waals surface area contributed by atoms with Gasteiger partial charge in [0.05, 0.1) is 34.4 Å². The van der Waals surface area contributed by atoms with E-state index in [1.165, 1.54) is 96.3 Å². The predicted octanol–water partition coefficient (Wildman–Crippen LogP) is 14.6. The lowest BCUT2D eigenvalue weighted by Crippen LogP contribution is -2.37. The quantitative estimate of drug-likeness (QED) is 0.0198. The van der Waals surface area contributed by atoms with Gasteiger partial charge in [-0.25, -0.2) is 0 Å². The molecule has 0 aliphatic rings. The molecule has 0 radical (unpaired) electrons. The number of hydrogen-bond donors (Lipinski definition) is 0. The Morgan fingerprint density at radius 3 is 1.42 bits per heavy atom. The minimum Gasteiger partial charge on any atom is -0.756 e. The van der Waals surface area contributed by atoms with Gasteiger partial charge in [0.2, 0.25) is 0 Å². The van der Waals surface area contributed by atoms with Crippen molar-refractivity contribution in [1.82, 2.24) is 0 Å². The number of quaternary nitrogens is 1. The van der Waals surface area contributed by atoms with Gasteiger partial charge >= 0.3 is 5.97 Å². The molecule has 0 rings (SSSR count). The van der Waals surface area contributed by atoms with Crippen LogP contribution in [0.4, 0.5) is 0 Å². The van der Waals surface area contributed by atoms with Gasteiger partial charge in [-0.1, -0.05) is 176 Å². The van der Waals surface area contributed by atoms with Crippen LogP contribution in [-0.4, -0.2) is 70.7 Å². The third-order valence-corrected chi connectivity index (χ3v) is 11.1. The molecule has 2 unspecified atom stereocenters. The first kappa shape index (κ1) is 59.7. The molecule has 0 fully saturated rings. The van der Waals surface area contributed by atoms with E-state index in [1.807, 2.05) is 21.1 Å². The molecule has 0 aliphatic carbocycles. The summed E-state index contributed by atoms with van der Waals surface area (Å²) < 4.78 is 34.7. The Labute approximate surface area is 382 Å². The third-order valence-electron chi connectivity index (χ3n) is 10.2. The Balaban J connectivity index is 4.28. The molecule has 8 nitrogen and oxygen atoms in total. The fourth-order valence-corrected chi connectivity index (χ4v) is 7.10. The van der Waals surface area contributed by atoms with E-state index in [0.717, 1.165) is 64.2 Å². The maximum absolute atomic E-state index is 12.7. The van der Waals surface area contributed by atoms with Gasteiger partial charge in [-0.3, -0.25) is 9.36 Å². The Morgan fingerprint density at radius 1 is 0.516 bits per heavy atom. The van der Waals surface area contributed by atoms with Crippen LogP contribution in [-0.2, 0) is 27.9 Å². The largest absolute Gasteiger partial charge is 0.756 e. The second-order valence-electron chi connectivity index (χ2n) is 17.4. The van der Waals surface area contributed by atoms with E-state index in [1.54, 1.807) is 0 Å². The van der Waals surface area contributed by atoms with Crippen LogP contribution >= 0.6 is 7.82 Å². The number of phosphoric acid groups is 1. The van der Waals surface area contributed by atoms with Gasteiger partial charge in [-0.15, -0.1) is 0 Å².